The minimum Gasteiger partial charge on any atom is -0.309 e. The van der Waals surface area contributed by atoms with Crippen molar-refractivity contribution in [3.63, 3.8) is 0 Å². The molecular formula is C56H34N4. The summed E-state index contributed by atoms with van der Waals surface area (Å²) >= 11 is 0. The van der Waals surface area contributed by atoms with E-state index in [0.717, 1.165) is 77.2 Å². The van der Waals surface area contributed by atoms with E-state index in [9.17, 15) is 0 Å². The van der Waals surface area contributed by atoms with Gasteiger partial charge in [-0.05, 0) is 94.3 Å². The van der Waals surface area contributed by atoms with E-state index in [0.29, 0.717) is 0 Å². The van der Waals surface area contributed by atoms with Gasteiger partial charge < -0.3 is 9.13 Å². The third-order valence-electron chi connectivity index (χ3n) is 12.5. The average Bonchev–Trinajstić information content (AvgIpc) is 3.83. The molecule has 0 radical (unpaired) electrons. The van der Waals surface area contributed by atoms with Gasteiger partial charge in [0.1, 0.15) is 0 Å². The Morgan fingerprint density at radius 2 is 0.617 bits per heavy atom. The van der Waals surface area contributed by atoms with Gasteiger partial charge in [0.15, 0.2) is 0 Å². The zero-order chi connectivity index (χ0) is 39.3. The lowest BCUT2D eigenvalue weighted by Gasteiger charge is -2.20. The smallest absolute Gasteiger partial charge is 0.0722 e. The van der Waals surface area contributed by atoms with Crippen molar-refractivity contribution >= 4 is 87.0 Å². The molecule has 0 spiro atoms. The van der Waals surface area contributed by atoms with Crippen LogP contribution in [0.15, 0.2) is 206 Å². The first-order valence-corrected chi connectivity index (χ1v) is 20.5. The Bertz CT molecular complexity index is 3540. The maximum absolute atomic E-state index is 5.41. The summed E-state index contributed by atoms with van der Waals surface area (Å²) in [6.45, 7) is 0. The quantitative estimate of drug-likeness (QED) is 0.167. The number of para-hydroxylation sites is 6. The van der Waals surface area contributed by atoms with Gasteiger partial charge in [0.05, 0.1) is 44.5 Å². The number of rotatable bonds is 4. The number of fused-ring (bicyclic) bond motifs is 10. The fourth-order valence-corrected chi connectivity index (χ4v) is 9.85. The van der Waals surface area contributed by atoms with Gasteiger partial charge in [-0.2, -0.15) is 0 Å². The monoisotopic (exact) mass is 762 g/mol. The molecule has 4 nitrogen and oxygen atoms in total. The SMILES string of the molecule is c1ccc2nc(-c3c4ccc(-n5c6ccccc6c6ccccc65)cc4c(-c4ccc5ccccc5n4)c4ccc(-n5c6ccccc6c6ccccc65)cc34)ccc2c1. The molecular weight excluding hydrogens is 729 g/mol. The summed E-state index contributed by atoms with van der Waals surface area (Å²) in [6, 6.07) is 74.4. The van der Waals surface area contributed by atoms with Gasteiger partial charge >= 0.3 is 0 Å². The molecule has 0 saturated heterocycles. The number of nitrogens with zero attached hydrogens (tertiary/aromatic N) is 4. The van der Waals surface area contributed by atoms with E-state index >= 15 is 0 Å². The van der Waals surface area contributed by atoms with E-state index < -0.39 is 0 Å². The molecule has 13 aromatic rings. The van der Waals surface area contributed by atoms with Crippen molar-refractivity contribution in [1.29, 1.82) is 0 Å². The molecule has 0 amide bonds. The maximum atomic E-state index is 5.41. The Kier molecular flexibility index (Phi) is 6.98. The highest BCUT2D eigenvalue weighted by atomic mass is 15.0. The first-order valence-electron chi connectivity index (χ1n) is 20.5. The average molecular weight is 763 g/mol. The fraction of sp³-hybridized carbons (Fsp3) is 0. The van der Waals surface area contributed by atoms with Crippen molar-refractivity contribution in [3.05, 3.63) is 206 Å². The highest BCUT2D eigenvalue weighted by molar-refractivity contribution is 6.22. The second-order valence-corrected chi connectivity index (χ2v) is 15.7. The molecule has 0 bridgehead atoms. The van der Waals surface area contributed by atoms with E-state index in [2.05, 4.69) is 215 Å². The second-order valence-electron chi connectivity index (χ2n) is 15.7. The van der Waals surface area contributed by atoms with E-state index in [-0.39, 0.29) is 0 Å². The molecule has 0 N–H and O–H groups in total. The van der Waals surface area contributed by atoms with Gasteiger partial charge in [-0.25, -0.2) is 9.97 Å². The normalized spacial score (nSPS) is 12.0. The van der Waals surface area contributed by atoms with Crippen molar-refractivity contribution in [2.45, 2.75) is 0 Å². The lowest BCUT2D eigenvalue weighted by atomic mass is 9.87. The van der Waals surface area contributed by atoms with Crippen LogP contribution in [0.4, 0.5) is 0 Å². The molecule has 9 aromatic carbocycles. The van der Waals surface area contributed by atoms with Gasteiger partial charge in [0.2, 0.25) is 0 Å². The molecule has 0 aliphatic carbocycles. The maximum Gasteiger partial charge on any atom is 0.0722 e. The second kappa shape index (κ2) is 12.7. The van der Waals surface area contributed by atoms with Crippen molar-refractivity contribution in [1.82, 2.24) is 19.1 Å². The number of pyridine rings is 2. The highest BCUT2D eigenvalue weighted by Crippen LogP contribution is 2.46. The van der Waals surface area contributed by atoms with Crippen LogP contribution in [-0.2, 0) is 0 Å². The van der Waals surface area contributed by atoms with Gasteiger partial charge in [-0.1, -0.05) is 133 Å². The number of aromatic nitrogens is 4. The molecule has 13 rings (SSSR count). The molecule has 0 atom stereocenters. The minimum atomic E-state index is 0.936. The predicted molar refractivity (Wildman–Crippen MR) is 252 cm³/mol. The molecule has 0 unspecified atom stereocenters. The van der Waals surface area contributed by atoms with Crippen LogP contribution in [0.3, 0.4) is 0 Å². The Labute approximate surface area is 344 Å². The molecule has 60 heavy (non-hydrogen) atoms. The van der Waals surface area contributed by atoms with Crippen molar-refractivity contribution in [2.24, 2.45) is 0 Å². The number of hydrogen-bond donors (Lipinski definition) is 0. The zero-order valence-electron chi connectivity index (χ0n) is 32.4. The van der Waals surface area contributed by atoms with E-state index in [1.54, 1.807) is 0 Å². The van der Waals surface area contributed by atoms with Crippen molar-refractivity contribution in [2.75, 3.05) is 0 Å². The highest BCUT2D eigenvalue weighted by Gasteiger charge is 2.22. The molecule has 0 fully saturated rings. The molecule has 4 heteroatoms. The summed E-state index contributed by atoms with van der Waals surface area (Å²) in [5.74, 6) is 0. The molecule has 4 aromatic heterocycles. The van der Waals surface area contributed by atoms with Gasteiger partial charge in [0.25, 0.3) is 0 Å². The largest absolute Gasteiger partial charge is 0.309 e. The summed E-state index contributed by atoms with van der Waals surface area (Å²) in [5.41, 5.74) is 12.9. The predicted octanol–water partition coefficient (Wildman–Crippen LogP) is 14.6. The van der Waals surface area contributed by atoms with Crippen LogP contribution in [0.1, 0.15) is 0 Å². The molecule has 278 valence electrons. The van der Waals surface area contributed by atoms with Crippen molar-refractivity contribution in [3.8, 4) is 33.9 Å². The lowest BCUT2D eigenvalue weighted by Crippen LogP contribution is -1.99. The standard InChI is InChI=1S/C56H34N4/c1-7-19-47-35(13-1)25-31-49(57-47)55-43-29-27-38(60-53-23-11-5-17-41(53)42-18-6-12-24-54(42)60)34-46(43)56(50-32-26-36-14-2-8-20-48(36)58-50)44-30-28-37(33-45(44)55)59-51-21-9-3-15-39(51)40-16-4-10-22-52(40)59/h1-34H. The zero-order valence-corrected chi connectivity index (χ0v) is 32.4. The van der Waals surface area contributed by atoms with E-state index in [4.69, 9.17) is 9.97 Å². The van der Waals surface area contributed by atoms with Crippen molar-refractivity contribution < 1.29 is 0 Å². The fourth-order valence-electron chi connectivity index (χ4n) is 9.85. The molecule has 4 heterocycles. The Morgan fingerprint density at radius 1 is 0.267 bits per heavy atom. The summed E-state index contributed by atoms with van der Waals surface area (Å²) in [7, 11) is 0. The van der Waals surface area contributed by atoms with Gasteiger partial charge in [0, 0.05) is 54.8 Å². The third kappa shape index (κ3) is 4.79. The summed E-state index contributed by atoms with van der Waals surface area (Å²) < 4.78 is 4.82. The number of hydrogen-bond acceptors (Lipinski definition) is 2. The summed E-state index contributed by atoms with van der Waals surface area (Å²) in [4.78, 5) is 10.8. The van der Waals surface area contributed by atoms with Gasteiger partial charge in [-0.3, -0.25) is 0 Å². The van der Waals surface area contributed by atoms with E-state index in [1.165, 1.54) is 43.6 Å². The van der Waals surface area contributed by atoms with Crippen LogP contribution >= 0.6 is 0 Å². The third-order valence-corrected chi connectivity index (χ3v) is 12.5. The Hall–Kier alpha value is -8.08. The minimum absolute atomic E-state index is 0.936. The summed E-state index contributed by atoms with van der Waals surface area (Å²) in [5, 5.41) is 11.7. The first-order chi connectivity index (χ1) is 29.8. The molecule has 0 saturated carbocycles. The number of benzene rings is 9. The van der Waals surface area contributed by atoms with E-state index in [1.807, 2.05) is 0 Å². The summed E-state index contributed by atoms with van der Waals surface area (Å²) in [6.07, 6.45) is 0. The Morgan fingerprint density at radius 3 is 1.02 bits per heavy atom. The topological polar surface area (TPSA) is 35.6 Å². The van der Waals surface area contributed by atoms with Crippen LogP contribution in [0.2, 0.25) is 0 Å². The van der Waals surface area contributed by atoms with Crippen LogP contribution in [0.25, 0.3) is 121 Å². The van der Waals surface area contributed by atoms with Gasteiger partial charge in [-0.15, -0.1) is 0 Å². The Balaban J connectivity index is 1.19. The van der Waals surface area contributed by atoms with Crippen LogP contribution in [0.5, 0.6) is 0 Å². The molecule has 0 aliphatic rings. The van der Waals surface area contributed by atoms with Crippen LogP contribution < -0.4 is 0 Å². The lowest BCUT2D eigenvalue weighted by molar-refractivity contribution is 1.18. The molecule has 0 aliphatic heterocycles. The first kappa shape index (κ1) is 32.9. The van der Waals surface area contributed by atoms with Crippen LogP contribution in [-0.4, -0.2) is 19.1 Å². The van der Waals surface area contributed by atoms with Crippen LogP contribution in [0, 0.1) is 0 Å².